The second kappa shape index (κ2) is 4.58. The zero-order valence-corrected chi connectivity index (χ0v) is 12.1. The monoisotopic (exact) mass is 312 g/mol. The number of imidazole rings is 1. The Morgan fingerprint density at radius 3 is 3.05 bits per heavy atom. The lowest BCUT2D eigenvalue weighted by Crippen LogP contribution is -2.28. The van der Waals surface area contributed by atoms with Gasteiger partial charge in [-0.15, -0.1) is 11.3 Å². The van der Waals surface area contributed by atoms with Gasteiger partial charge in [-0.3, -0.25) is 9.50 Å². The molecule has 1 unspecified atom stereocenters. The third-order valence-corrected chi connectivity index (χ3v) is 5.18. The standard InChI is InChI=1S/C10H12N6O2S2/c1-6(7-4-12-13-5-7)15-20(17,18)9-8(11)14-10-16(9)2-3-19-10/h2-6,15H,11H2,1H3,(H,12,13). The number of H-pyrrole nitrogens is 1. The molecular weight excluding hydrogens is 300 g/mol. The van der Waals surface area contributed by atoms with Gasteiger partial charge in [-0.1, -0.05) is 0 Å². The molecular formula is C10H12N6O2S2. The summed E-state index contributed by atoms with van der Waals surface area (Å²) in [6, 6.07) is -0.428. The fourth-order valence-electron chi connectivity index (χ4n) is 1.90. The van der Waals surface area contributed by atoms with Gasteiger partial charge in [0.2, 0.25) is 0 Å². The molecule has 1 atom stereocenters. The number of aromatic amines is 1. The van der Waals surface area contributed by atoms with Crippen molar-refractivity contribution in [2.45, 2.75) is 18.0 Å². The highest BCUT2D eigenvalue weighted by Crippen LogP contribution is 2.24. The summed E-state index contributed by atoms with van der Waals surface area (Å²) in [7, 11) is -3.78. The van der Waals surface area contributed by atoms with Crippen LogP contribution in [0.5, 0.6) is 0 Å². The van der Waals surface area contributed by atoms with Crippen LogP contribution in [0.15, 0.2) is 29.0 Å². The minimum atomic E-state index is -3.78. The van der Waals surface area contributed by atoms with Crippen LogP contribution < -0.4 is 10.5 Å². The van der Waals surface area contributed by atoms with Crippen LogP contribution in [-0.2, 0) is 10.0 Å². The summed E-state index contributed by atoms with van der Waals surface area (Å²) >= 11 is 1.32. The van der Waals surface area contributed by atoms with E-state index in [1.165, 1.54) is 15.7 Å². The number of sulfonamides is 1. The maximum absolute atomic E-state index is 12.5. The Morgan fingerprint density at radius 2 is 2.35 bits per heavy atom. The lowest BCUT2D eigenvalue weighted by Gasteiger charge is -2.12. The van der Waals surface area contributed by atoms with E-state index in [1.54, 1.807) is 30.9 Å². The Bertz CT molecular complexity index is 832. The van der Waals surface area contributed by atoms with Crippen LogP contribution in [0.2, 0.25) is 0 Å². The molecule has 3 heterocycles. The van der Waals surface area contributed by atoms with E-state index in [0.717, 1.165) is 5.56 Å². The minimum Gasteiger partial charge on any atom is -0.381 e. The maximum Gasteiger partial charge on any atom is 0.260 e. The van der Waals surface area contributed by atoms with Gasteiger partial charge in [0.1, 0.15) is 0 Å². The van der Waals surface area contributed by atoms with Crippen LogP contribution in [0.3, 0.4) is 0 Å². The first kappa shape index (κ1) is 13.1. The molecule has 0 aliphatic rings. The first-order chi connectivity index (χ1) is 9.49. The molecule has 0 aliphatic heterocycles. The zero-order valence-electron chi connectivity index (χ0n) is 10.4. The largest absolute Gasteiger partial charge is 0.381 e. The van der Waals surface area contributed by atoms with E-state index < -0.39 is 16.1 Å². The highest BCUT2D eigenvalue weighted by Gasteiger charge is 2.26. The summed E-state index contributed by atoms with van der Waals surface area (Å²) < 4.78 is 28.9. The molecule has 0 fully saturated rings. The van der Waals surface area contributed by atoms with Gasteiger partial charge in [-0.05, 0) is 6.92 Å². The number of rotatable bonds is 4. The Balaban J connectivity index is 2.00. The van der Waals surface area contributed by atoms with Gasteiger partial charge in [-0.25, -0.2) is 18.1 Å². The normalized spacial score (nSPS) is 13.8. The van der Waals surface area contributed by atoms with E-state index in [4.69, 9.17) is 5.73 Å². The third kappa shape index (κ3) is 2.07. The number of nitrogen functional groups attached to an aromatic ring is 1. The van der Waals surface area contributed by atoms with Gasteiger partial charge >= 0.3 is 0 Å². The van der Waals surface area contributed by atoms with Crippen molar-refractivity contribution in [2.24, 2.45) is 0 Å². The molecule has 8 nitrogen and oxygen atoms in total. The number of nitrogens with one attached hydrogen (secondary N) is 2. The van der Waals surface area contributed by atoms with Crippen molar-refractivity contribution in [2.75, 3.05) is 5.73 Å². The second-order valence-electron chi connectivity index (χ2n) is 4.23. The number of aromatic nitrogens is 4. The van der Waals surface area contributed by atoms with E-state index >= 15 is 0 Å². The molecule has 3 aromatic rings. The molecule has 3 rings (SSSR count). The topological polar surface area (TPSA) is 118 Å². The van der Waals surface area contributed by atoms with Gasteiger partial charge in [0.25, 0.3) is 10.0 Å². The molecule has 4 N–H and O–H groups in total. The highest BCUT2D eigenvalue weighted by atomic mass is 32.2. The van der Waals surface area contributed by atoms with Gasteiger partial charge < -0.3 is 5.73 Å². The molecule has 3 aromatic heterocycles. The van der Waals surface area contributed by atoms with E-state index in [-0.39, 0.29) is 10.8 Å². The number of hydrogen-bond donors (Lipinski definition) is 3. The van der Waals surface area contributed by atoms with Crippen LogP contribution >= 0.6 is 11.3 Å². The van der Waals surface area contributed by atoms with Crippen molar-refractivity contribution in [1.82, 2.24) is 24.3 Å². The van der Waals surface area contributed by atoms with Crippen LogP contribution in [0.25, 0.3) is 4.96 Å². The van der Waals surface area contributed by atoms with Crippen molar-refractivity contribution in [1.29, 1.82) is 0 Å². The molecule has 0 amide bonds. The molecule has 0 aliphatic carbocycles. The fraction of sp³-hybridized carbons (Fsp3) is 0.200. The molecule has 0 radical (unpaired) electrons. The highest BCUT2D eigenvalue weighted by molar-refractivity contribution is 7.89. The summed E-state index contributed by atoms with van der Waals surface area (Å²) in [5.41, 5.74) is 6.45. The molecule has 0 bridgehead atoms. The Morgan fingerprint density at radius 1 is 1.55 bits per heavy atom. The summed E-state index contributed by atoms with van der Waals surface area (Å²) in [5.74, 6) is -0.0104. The summed E-state index contributed by atoms with van der Waals surface area (Å²) in [6.07, 6.45) is 4.82. The van der Waals surface area contributed by atoms with Gasteiger partial charge in [-0.2, -0.15) is 5.10 Å². The summed E-state index contributed by atoms with van der Waals surface area (Å²) in [6.45, 7) is 1.73. The molecule has 0 aromatic carbocycles. The van der Waals surface area contributed by atoms with Crippen LogP contribution in [-0.4, -0.2) is 28.0 Å². The smallest absolute Gasteiger partial charge is 0.260 e. The first-order valence-electron chi connectivity index (χ1n) is 5.71. The van der Waals surface area contributed by atoms with Crippen LogP contribution in [0, 0.1) is 0 Å². The number of nitrogens with zero attached hydrogens (tertiary/aromatic N) is 3. The van der Waals surface area contributed by atoms with Gasteiger partial charge in [0.05, 0.1) is 6.20 Å². The van der Waals surface area contributed by atoms with Crippen molar-refractivity contribution < 1.29 is 8.42 Å². The van der Waals surface area contributed by atoms with E-state index in [2.05, 4.69) is 19.9 Å². The van der Waals surface area contributed by atoms with Crippen molar-refractivity contribution >= 4 is 32.1 Å². The quantitative estimate of drug-likeness (QED) is 0.656. The zero-order chi connectivity index (χ0) is 14.3. The number of anilines is 1. The van der Waals surface area contributed by atoms with E-state index in [9.17, 15) is 8.42 Å². The van der Waals surface area contributed by atoms with Crippen molar-refractivity contribution in [3.8, 4) is 0 Å². The van der Waals surface area contributed by atoms with Crippen LogP contribution in [0.4, 0.5) is 5.82 Å². The van der Waals surface area contributed by atoms with Crippen molar-refractivity contribution in [3.63, 3.8) is 0 Å². The molecule has 0 saturated heterocycles. The van der Waals surface area contributed by atoms with Gasteiger partial charge in [0, 0.05) is 29.4 Å². The first-order valence-corrected chi connectivity index (χ1v) is 8.07. The average Bonchev–Trinajstić information content (AvgIpc) is 3.01. The van der Waals surface area contributed by atoms with Crippen molar-refractivity contribution in [3.05, 3.63) is 29.5 Å². The van der Waals surface area contributed by atoms with Crippen LogP contribution in [0.1, 0.15) is 18.5 Å². The number of thiazole rings is 1. The van der Waals surface area contributed by atoms with E-state index in [1.807, 2.05) is 0 Å². The second-order valence-corrected chi connectivity index (χ2v) is 6.73. The minimum absolute atomic E-state index is 0.0104. The van der Waals surface area contributed by atoms with Gasteiger partial charge in [0.15, 0.2) is 15.8 Å². The summed E-state index contributed by atoms with van der Waals surface area (Å²) in [4.78, 5) is 4.57. The maximum atomic E-state index is 12.5. The molecule has 0 spiro atoms. The average molecular weight is 312 g/mol. The fourth-order valence-corrected chi connectivity index (χ4v) is 4.12. The number of fused-ring (bicyclic) bond motifs is 1. The van der Waals surface area contributed by atoms with E-state index in [0.29, 0.717) is 4.96 Å². The third-order valence-electron chi connectivity index (χ3n) is 2.85. The molecule has 106 valence electrons. The molecule has 10 heteroatoms. The Kier molecular flexibility index (Phi) is 3.00. The number of hydrogen-bond acceptors (Lipinski definition) is 6. The Hall–Kier alpha value is -1.91. The summed E-state index contributed by atoms with van der Waals surface area (Å²) in [5, 5.41) is 8.15. The Labute approximate surface area is 118 Å². The predicted molar refractivity (Wildman–Crippen MR) is 74.8 cm³/mol. The molecule has 0 saturated carbocycles. The lowest BCUT2D eigenvalue weighted by molar-refractivity contribution is 0.563. The SMILES string of the molecule is CC(NS(=O)(=O)c1c(N)nc2sccn12)c1cn[nH]c1. The molecule has 20 heavy (non-hydrogen) atoms. The predicted octanol–water partition coefficient (Wildman–Crippen LogP) is 0.741. The number of nitrogens with two attached hydrogens (primary N) is 1. The lowest BCUT2D eigenvalue weighted by atomic mass is 10.2.